The average Bonchev–Trinajstić information content (AvgIpc) is 2.05. The van der Waals surface area contributed by atoms with Gasteiger partial charge < -0.3 is 10.5 Å². The highest BCUT2D eigenvalue weighted by molar-refractivity contribution is 6.30. The van der Waals surface area contributed by atoms with Gasteiger partial charge in [-0.2, -0.15) is 0 Å². The van der Waals surface area contributed by atoms with E-state index >= 15 is 0 Å². The van der Waals surface area contributed by atoms with Crippen LogP contribution in [0.5, 0.6) is 5.75 Å². The molecule has 0 saturated carbocycles. The summed E-state index contributed by atoms with van der Waals surface area (Å²) in [7, 11) is 1.57. The number of rotatable bonds is 2. The maximum Gasteiger partial charge on any atom is 0.137 e. The van der Waals surface area contributed by atoms with Crippen molar-refractivity contribution in [1.82, 2.24) is 4.98 Å². The SMILES string of the molecule is COc1cnc(Cl)c(CN)c1. The Hall–Kier alpha value is -0.800. The van der Waals surface area contributed by atoms with E-state index in [1.54, 1.807) is 19.4 Å². The molecule has 0 amide bonds. The molecule has 1 rings (SSSR count). The largest absolute Gasteiger partial charge is 0.495 e. The highest BCUT2D eigenvalue weighted by atomic mass is 35.5. The molecule has 0 radical (unpaired) electrons. The smallest absolute Gasteiger partial charge is 0.137 e. The molecule has 1 heterocycles. The molecule has 1 aromatic heterocycles. The minimum Gasteiger partial charge on any atom is -0.495 e. The first-order chi connectivity index (χ1) is 5.27. The molecule has 2 N–H and O–H groups in total. The summed E-state index contributed by atoms with van der Waals surface area (Å²) >= 11 is 5.71. The second-order valence-electron chi connectivity index (χ2n) is 2.03. The maximum atomic E-state index is 5.71. The summed E-state index contributed by atoms with van der Waals surface area (Å²) in [5, 5.41) is 0.438. The van der Waals surface area contributed by atoms with Crippen LogP contribution >= 0.6 is 11.6 Å². The first-order valence-electron chi connectivity index (χ1n) is 3.16. The Morgan fingerprint density at radius 3 is 3.00 bits per heavy atom. The molecule has 4 heteroatoms. The Morgan fingerprint density at radius 2 is 2.45 bits per heavy atom. The molecule has 0 fully saturated rings. The number of methoxy groups -OCH3 is 1. The zero-order valence-corrected chi connectivity index (χ0v) is 6.93. The van der Waals surface area contributed by atoms with E-state index in [1.165, 1.54) is 0 Å². The predicted molar refractivity (Wildman–Crippen MR) is 43.7 cm³/mol. The van der Waals surface area contributed by atoms with E-state index in [0.29, 0.717) is 17.4 Å². The summed E-state index contributed by atoms with van der Waals surface area (Å²) < 4.78 is 4.93. The third kappa shape index (κ3) is 1.82. The number of hydrogen-bond donors (Lipinski definition) is 1. The van der Waals surface area contributed by atoms with Gasteiger partial charge in [0.25, 0.3) is 0 Å². The zero-order valence-electron chi connectivity index (χ0n) is 6.17. The van der Waals surface area contributed by atoms with E-state index in [2.05, 4.69) is 4.98 Å². The maximum absolute atomic E-state index is 5.71. The van der Waals surface area contributed by atoms with E-state index in [4.69, 9.17) is 22.1 Å². The summed E-state index contributed by atoms with van der Waals surface area (Å²) in [5.74, 6) is 0.676. The number of aromatic nitrogens is 1. The summed E-state index contributed by atoms with van der Waals surface area (Å²) in [4.78, 5) is 3.88. The monoisotopic (exact) mass is 172 g/mol. The first kappa shape index (κ1) is 8.30. The molecular weight excluding hydrogens is 164 g/mol. The molecule has 0 bridgehead atoms. The third-order valence-electron chi connectivity index (χ3n) is 1.34. The molecule has 60 valence electrons. The van der Waals surface area contributed by atoms with Crippen molar-refractivity contribution in [2.24, 2.45) is 5.73 Å². The highest BCUT2D eigenvalue weighted by Crippen LogP contribution is 2.17. The van der Waals surface area contributed by atoms with Crippen LogP contribution in [0, 0.1) is 0 Å². The van der Waals surface area contributed by atoms with Crippen LogP contribution in [0.25, 0.3) is 0 Å². The number of ether oxygens (including phenoxy) is 1. The second-order valence-corrected chi connectivity index (χ2v) is 2.39. The van der Waals surface area contributed by atoms with E-state index in [9.17, 15) is 0 Å². The van der Waals surface area contributed by atoms with Gasteiger partial charge in [-0.15, -0.1) is 0 Å². The van der Waals surface area contributed by atoms with Crippen LogP contribution in [0.3, 0.4) is 0 Å². The van der Waals surface area contributed by atoms with E-state index in [-0.39, 0.29) is 0 Å². The molecule has 0 aliphatic rings. The Kier molecular flexibility index (Phi) is 2.68. The van der Waals surface area contributed by atoms with Gasteiger partial charge in [0.2, 0.25) is 0 Å². The Balaban J connectivity index is 3.02. The van der Waals surface area contributed by atoms with Crippen molar-refractivity contribution in [2.75, 3.05) is 7.11 Å². The van der Waals surface area contributed by atoms with Crippen molar-refractivity contribution >= 4 is 11.6 Å². The molecule has 0 atom stereocenters. The first-order valence-corrected chi connectivity index (χ1v) is 3.54. The molecule has 0 saturated heterocycles. The third-order valence-corrected chi connectivity index (χ3v) is 1.68. The minimum absolute atomic E-state index is 0.378. The molecule has 3 nitrogen and oxygen atoms in total. The van der Waals surface area contributed by atoms with Gasteiger partial charge in [0.1, 0.15) is 10.9 Å². The fourth-order valence-corrected chi connectivity index (χ4v) is 0.907. The van der Waals surface area contributed by atoms with E-state index in [0.717, 1.165) is 5.56 Å². The van der Waals surface area contributed by atoms with Crippen LogP contribution in [-0.2, 0) is 6.54 Å². The number of pyridine rings is 1. The molecule has 11 heavy (non-hydrogen) atoms. The molecule has 0 aromatic carbocycles. The summed E-state index contributed by atoms with van der Waals surface area (Å²) in [6, 6.07) is 1.77. The second kappa shape index (κ2) is 3.55. The number of halogens is 1. The summed E-state index contributed by atoms with van der Waals surface area (Å²) in [6.07, 6.45) is 1.56. The molecular formula is C7H9ClN2O. The Bertz CT molecular complexity index is 252. The van der Waals surface area contributed by atoms with Crippen LogP contribution in [0.15, 0.2) is 12.3 Å². The fraction of sp³-hybridized carbons (Fsp3) is 0.286. The van der Waals surface area contributed by atoms with Gasteiger partial charge in [-0.25, -0.2) is 4.98 Å². The number of hydrogen-bond acceptors (Lipinski definition) is 3. The van der Waals surface area contributed by atoms with Gasteiger partial charge in [-0.05, 0) is 6.07 Å². The lowest BCUT2D eigenvalue weighted by atomic mass is 10.3. The lowest BCUT2D eigenvalue weighted by Crippen LogP contribution is -1.99. The predicted octanol–water partition coefficient (Wildman–Crippen LogP) is 1.20. The highest BCUT2D eigenvalue weighted by Gasteiger charge is 2.00. The topological polar surface area (TPSA) is 48.1 Å². The number of nitrogens with two attached hydrogens (primary N) is 1. The quantitative estimate of drug-likeness (QED) is 0.682. The molecule has 1 aromatic rings. The van der Waals surface area contributed by atoms with Gasteiger partial charge in [0, 0.05) is 12.1 Å². The van der Waals surface area contributed by atoms with Crippen LogP contribution in [0.1, 0.15) is 5.56 Å². The zero-order chi connectivity index (χ0) is 8.27. The van der Waals surface area contributed by atoms with Gasteiger partial charge in [0.15, 0.2) is 0 Å². The van der Waals surface area contributed by atoms with Crippen molar-refractivity contribution in [3.63, 3.8) is 0 Å². The number of nitrogens with zero attached hydrogens (tertiary/aromatic N) is 1. The lowest BCUT2D eigenvalue weighted by molar-refractivity contribution is 0.412. The van der Waals surface area contributed by atoms with Crippen LogP contribution in [0.4, 0.5) is 0 Å². The molecule has 0 spiro atoms. The fourth-order valence-electron chi connectivity index (χ4n) is 0.727. The van der Waals surface area contributed by atoms with Crippen molar-refractivity contribution in [2.45, 2.75) is 6.54 Å². The average molecular weight is 173 g/mol. The standard InChI is InChI=1S/C7H9ClN2O/c1-11-6-2-5(3-9)7(8)10-4-6/h2,4H,3,9H2,1H3. The van der Waals surface area contributed by atoms with Crippen LogP contribution < -0.4 is 10.5 Å². The van der Waals surface area contributed by atoms with Gasteiger partial charge in [-0.1, -0.05) is 11.6 Å². The Morgan fingerprint density at radius 1 is 1.73 bits per heavy atom. The van der Waals surface area contributed by atoms with Gasteiger partial charge >= 0.3 is 0 Å². The lowest BCUT2D eigenvalue weighted by Gasteiger charge is -2.02. The van der Waals surface area contributed by atoms with Gasteiger partial charge in [-0.3, -0.25) is 0 Å². The van der Waals surface area contributed by atoms with Crippen LogP contribution in [-0.4, -0.2) is 12.1 Å². The van der Waals surface area contributed by atoms with Crippen molar-refractivity contribution in [1.29, 1.82) is 0 Å². The van der Waals surface area contributed by atoms with Crippen LogP contribution in [0.2, 0.25) is 5.15 Å². The minimum atomic E-state index is 0.378. The van der Waals surface area contributed by atoms with E-state index < -0.39 is 0 Å². The molecule has 0 aliphatic carbocycles. The molecule has 0 unspecified atom stereocenters. The summed E-state index contributed by atoms with van der Waals surface area (Å²) in [6.45, 7) is 0.378. The molecule has 0 aliphatic heterocycles. The van der Waals surface area contributed by atoms with Crippen molar-refractivity contribution in [3.8, 4) is 5.75 Å². The van der Waals surface area contributed by atoms with E-state index in [1.807, 2.05) is 0 Å². The Labute approximate surface area is 70.1 Å². The van der Waals surface area contributed by atoms with Crippen molar-refractivity contribution < 1.29 is 4.74 Å². The summed E-state index contributed by atoms with van der Waals surface area (Å²) in [5.41, 5.74) is 6.19. The normalized spacial score (nSPS) is 9.73. The van der Waals surface area contributed by atoms with Crippen molar-refractivity contribution in [3.05, 3.63) is 23.0 Å². The van der Waals surface area contributed by atoms with Gasteiger partial charge in [0.05, 0.1) is 13.3 Å².